The van der Waals surface area contributed by atoms with Crippen LogP contribution in [0.25, 0.3) is 0 Å². The summed E-state index contributed by atoms with van der Waals surface area (Å²) in [5.41, 5.74) is 1.78. The van der Waals surface area contributed by atoms with Crippen LogP contribution in [0.4, 0.5) is 0 Å². The van der Waals surface area contributed by atoms with Crippen molar-refractivity contribution < 1.29 is 0 Å². The van der Waals surface area contributed by atoms with Crippen LogP contribution in [0.1, 0.15) is 31.2 Å². The van der Waals surface area contributed by atoms with Crippen LogP contribution < -0.4 is 5.32 Å². The first kappa shape index (κ1) is 12.1. The highest BCUT2D eigenvalue weighted by molar-refractivity contribution is 5.24. The number of likely N-dealkylation sites (tertiary alicyclic amines) is 1. The van der Waals surface area contributed by atoms with Crippen LogP contribution in [-0.4, -0.2) is 42.6 Å². The number of piperidine rings is 1. The summed E-state index contributed by atoms with van der Waals surface area (Å²) in [6.07, 6.45) is 9.21. The van der Waals surface area contributed by atoms with E-state index in [4.69, 9.17) is 0 Å². The quantitative estimate of drug-likeness (QED) is 0.880. The first-order chi connectivity index (χ1) is 8.89. The molecule has 2 saturated heterocycles. The Kier molecular flexibility index (Phi) is 3.62. The topological polar surface area (TPSA) is 28.2 Å². The number of rotatable bonds is 3. The molecule has 2 aliphatic rings. The lowest BCUT2D eigenvalue weighted by atomic mass is 9.73. The molecule has 0 atom stereocenters. The summed E-state index contributed by atoms with van der Waals surface area (Å²) in [5.74, 6) is 0. The van der Waals surface area contributed by atoms with Crippen LogP contribution in [0.3, 0.4) is 0 Å². The van der Waals surface area contributed by atoms with E-state index < -0.39 is 0 Å². The van der Waals surface area contributed by atoms with Gasteiger partial charge in [0.05, 0.1) is 0 Å². The Morgan fingerprint density at radius 2 is 2.00 bits per heavy atom. The molecular formula is C15H23N3. The van der Waals surface area contributed by atoms with E-state index in [0.717, 1.165) is 13.1 Å². The lowest BCUT2D eigenvalue weighted by Crippen LogP contribution is -2.47. The van der Waals surface area contributed by atoms with E-state index in [0.29, 0.717) is 5.41 Å². The van der Waals surface area contributed by atoms with Gasteiger partial charge >= 0.3 is 0 Å². The molecule has 1 aromatic rings. The third kappa shape index (κ3) is 2.43. The van der Waals surface area contributed by atoms with Crippen molar-refractivity contribution in [1.82, 2.24) is 15.2 Å². The highest BCUT2D eigenvalue weighted by Gasteiger charge is 2.36. The maximum absolute atomic E-state index is 4.34. The van der Waals surface area contributed by atoms with Gasteiger partial charge in [-0.1, -0.05) is 6.07 Å². The molecule has 18 heavy (non-hydrogen) atoms. The van der Waals surface area contributed by atoms with Gasteiger partial charge in [0.2, 0.25) is 0 Å². The lowest BCUT2D eigenvalue weighted by molar-refractivity contribution is 0.200. The summed E-state index contributed by atoms with van der Waals surface area (Å²) in [7, 11) is 0. The SMILES string of the molecule is c1cncc(C2(CN3CCCC3)CCNCC2)c1. The standard InChI is InChI=1S/C15H23N3/c1-2-11-18(10-1)13-15(5-8-16-9-6-15)14-4-3-7-17-12-14/h3-4,7,12,16H,1-2,5-6,8-11,13H2. The minimum Gasteiger partial charge on any atom is -0.317 e. The van der Waals surface area contributed by atoms with Crippen LogP contribution >= 0.6 is 0 Å². The number of pyridine rings is 1. The number of hydrogen-bond donors (Lipinski definition) is 1. The van der Waals surface area contributed by atoms with E-state index in [1.165, 1.54) is 50.9 Å². The molecule has 98 valence electrons. The van der Waals surface area contributed by atoms with Crippen LogP contribution in [0.5, 0.6) is 0 Å². The monoisotopic (exact) mass is 245 g/mol. The summed E-state index contributed by atoms with van der Waals surface area (Å²) >= 11 is 0. The minimum atomic E-state index is 0.337. The molecule has 3 heteroatoms. The van der Waals surface area contributed by atoms with Crippen molar-refractivity contribution >= 4 is 0 Å². The molecule has 0 saturated carbocycles. The average molecular weight is 245 g/mol. The molecule has 0 radical (unpaired) electrons. The number of hydrogen-bond acceptors (Lipinski definition) is 3. The van der Waals surface area contributed by atoms with Gasteiger partial charge in [-0.05, 0) is 63.5 Å². The molecule has 3 heterocycles. The molecule has 0 aromatic carbocycles. The zero-order valence-electron chi connectivity index (χ0n) is 11.1. The van der Waals surface area contributed by atoms with Gasteiger partial charge in [-0.25, -0.2) is 0 Å². The Balaban J connectivity index is 1.83. The minimum absolute atomic E-state index is 0.337. The molecule has 2 fully saturated rings. The molecule has 0 unspecified atom stereocenters. The smallest absolute Gasteiger partial charge is 0.0306 e. The third-order valence-electron chi connectivity index (χ3n) is 4.56. The van der Waals surface area contributed by atoms with Gasteiger partial charge in [0, 0.05) is 24.4 Å². The van der Waals surface area contributed by atoms with Crippen LogP contribution in [0, 0.1) is 0 Å². The van der Waals surface area contributed by atoms with Gasteiger partial charge in [0.25, 0.3) is 0 Å². The van der Waals surface area contributed by atoms with Crippen molar-refractivity contribution in [2.45, 2.75) is 31.1 Å². The highest BCUT2D eigenvalue weighted by Crippen LogP contribution is 2.34. The summed E-state index contributed by atoms with van der Waals surface area (Å²) in [4.78, 5) is 6.99. The van der Waals surface area contributed by atoms with Gasteiger partial charge in [-0.15, -0.1) is 0 Å². The molecule has 3 rings (SSSR count). The second kappa shape index (κ2) is 5.37. The summed E-state index contributed by atoms with van der Waals surface area (Å²) in [6.45, 7) is 6.08. The first-order valence-corrected chi connectivity index (χ1v) is 7.23. The van der Waals surface area contributed by atoms with Crippen molar-refractivity contribution in [3.63, 3.8) is 0 Å². The fraction of sp³-hybridized carbons (Fsp3) is 0.667. The predicted molar refractivity (Wildman–Crippen MR) is 73.7 cm³/mol. The van der Waals surface area contributed by atoms with Gasteiger partial charge in [0.15, 0.2) is 0 Å². The van der Waals surface area contributed by atoms with E-state index in [-0.39, 0.29) is 0 Å². The second-order valence-corrected chi connectivity index (χ2v) is 5.76. The second-order valence-electron chi connectivity index (χ2n) is 5.76. The molecule has 0 bridgehead atoms. The molecule has 1 aromatic heterocycles. The number of nitrogens with one attached hydrogen (secondary N) is 1. The Morgan fingerprint density at radius 1 is 1.22 bits per heavy atom. The largest absolute Gasteiger partial charge is 0.317 e. The van der Waals surface area contributed by atoms with Crippen molar-refractivity contribution in [2.75, 3.05) is 32.7 Å². The van der Waals surface area contributed by atoms with Crippen molar-refractivity contribution in [3.05, 3.63) is 30.1 Å². The maximum Gasteiger partial charge on any atom is 0.0306 e. The van der Waals surface area contributed by atoms with E-state index >= 15 is 0 Å². The van der Waals surface area contributed by atoms with Crippen molar-refractivity contribution in [1.29, 1.82) is 0 Å². The van der Waals surface area contributed by atoms with Gasteiger partial charge in [-0.3, -0.25) is 4.98 Å². The van der Waals surface area contributed by atoms with Crippen LogP contribution in [-0.2, 0) is 5.41 Å². The fourth-order valence-electron chi connectivity index (χ4n) is 3.49. The Hall–Kier alpha value is -0.930. The third-order valence-corrected chi connectivity index (χ3v) is 4.56. The van der Waals surface area contributed by atoms with Gasteiger partial charge in [-0.2, -0.15) is 0 Å². The predicted octanol–water partition coefficient (Wildman–Crippen LogP) is 1.80. The van der Waals surface area contributed by atoms with E-state index in [1.54, 1.807) is 0 Å². The molecule has 2 aliphatic heterocycles. The Morgan fingerprint density at radius 3 is 2.67 bits per heavy atom. The summed E-state index contributed by atoms with van der Waals surface area (Å²) in [5, 5.41) is 3.50. The normalized spacial score (nSPS) is 24.2. The molecular weight excluding hydrogens is 222 g/mol. The van der Waals surface area contributed by atoms with Crippen molar-refractivity contribution in [2.24, 2.45) is 0 Å². The fourth-order valence-corrected chi connectivity index (χ4v) is 3.49. The lowest BCUT2D eigenvalue weighted by Gasteiger charge is -2.40. The Bertz CT molecular complexity index is 365. The summed E-state index contributed by atoms with van der Waals surface area (Å²) < 4.78 is 0. The van der Waals surface area contributed by atoms with E-state index in [9.17, 15) is 0 Å². The van der Waals surface area contributed by atoms with Gasteiger partial charge in [0.1, 0.15) is 0 Å². The van der Waals surface area contributed by atoms with Crippen LogP contribution in [0.15, 0.2) is 24.5 Å². The average Bonchev–Trinajstić information content (AvgIpc) is 2.94. The van der Waals surface area contributed by atoms with E-state index in [1.807, 2.05) is 6.20 Å². The van der Waals surface area contributed by atoms with Gasteiger partial charge < -0.3 is 10.2 Å². The Labute approximate surface area is 110 Å². The number of nitrogens with zero attached hydrogens (tertiary/aromatic N) is 2. The summed E-state index contributed by atoms with van der Waals surface area (Å²) in [6, 6.07) is 4.36. The molecule has 0 amide bonds. The molecule has 1 N–H and O–H groups in total. The number of aromatic nitrogens is 1. The van der Waals surface area contributed by atoms with E-state index in [2.05, 4.69) is 33.5 Å². The zero-order valence-corrected chi connectivity index (χ0v) is 11.1. The van der Waals surface area contributed by atoms with Crippen molar-refractivity contribution in [3.8, 4) is 0 Å². The zero-order chi connectivity index (χ0) is 12.3. The molecule has 0 aliphatic carbocycles. The van der Waals surface area contributed by atoms with Crippen LogP contribution in [0.2, 0.25) is 0 Å². The molecule has 3 nitrogen and oxygen atoms in total. The highest BCUT2D eigenvalue weighted by atomic mass is 15.1. The first-order valence-electron chi connectivity index (χ1n) is 7.23. The maximum atomic E-state index is 4.34. The molecule has 0 spiro atoms.